The fourth-order valence-electron chi connectivity index (χ4n) is 11.5. The molecular weight excluding hydrogens is 795 g/mol. The smallest absolute Gasteiger partial charge is 0.255 e. The van der Waals surface area contributed by atoms with Gasteiger partial charge in [0, 0.05) is 91.6 Å². The quantitative estimate of drug-likeness (QED) is 0.110. The molecular formula is C52H63N3O8. The molecule has 2 aliphatic heterocycles. The molecule has 5 aliphatic rings. The van der Waals surface area contributed by atoms with E-state index in [1.54, 1.807) is 18.2 Å². The Morgan fingerprint density at radius 2 is 1.59 bits per heavy atom. The number of ketones is 3. The molecule has 3 saturated carbocycles. The van der Waals surface area contributed by atoms with Crippen LogP contribution in [0.3, 0.4) is 0 Å². The van der Waals surface area contributed by atoms with Crippen molar-refractivity contribution in [2.45, 2.75) is 123 Å². The van der Waals surface area contributed by atoms with Crippen LogP contribution in [-0.2, 0) is 14.3 Å². The van der Waals surface area contributed by atoms with Gasteiger partial charge >= 0.3 is 0 Å². The number of anilines is 1. The Labute approximate surface area is 372 Å². The number of methoxy groups -OCH3 is 1. The summed E-state index contributed by atoms with van der Waals surface area (Å²) < 4.78 is 25.0. The Kier molecular flexibility index (Phi) is 12.3. The van der Waals surface area contributed by atoms with Crippen LogP contribution >= 0.6 is 0 Å². The van der Waals surface area contributed by atoms with Gasteiger partial charge in [-0.25, -0.2) is 0 Å². The maximum atomic E-state index is 13.8. The van der Waals surface area contributed by atoms with Crippen molar-refractivity contribution >= 4 is 28.9 Å². The average molecular weight is 858 g/mol. The van der Waals surface area contributed by atoms with Gasteiger partial charge in [-0.15, -0.1) is 6.42 Å². The molecule has 0 aromatic heterocycles. The molecule has 3 aliphatic carbocycles. The third kappa shape index (κ3) is 8.86. The van der Waals surface area contributed by atoms with Crippen molar-refractivity contribution in [3.8, 4) is 29.6 Å². The van der Waals surface area contributed by atoms with Crippen molar-refractivity contribution in [2.75, 3.05) is 44.8 Å². The highest BCUT2D eigenvalue weighted by Gasteiger charge is 2.63. The molecule has 2 heterocycles. The maximum Gasteiger partial charge on any atom is 0.255 e. The molecule has 3 aromatic rings. The number of nitrogens with one attached hydrogen (secondary N) is 1. The Morgan fingerprint density at radius 1 is 0.905 bits per heavy atom. The van der Waals surface area contributed by atoms with E-state index in [1.165, 1.54) is 7.11 Å². The van der Waals surface area contributed by atoms with Crippen molar-refractivity contribution in [1.82, 2.24) is 10.2 Å². The monoisotopic (exact) mass is 857 g/mol. The van der Waals surface area contributed by atoms with Gasteiger partial charge in [-0.3, -0.25) is 24.1 Å². The molecule has 3 aromatic carbocycles. The SMILES string of the molecule is C#Cc1c(C)cc(OC2C(C)(C)C(CC(=O)c3ccc(N4CCC5(CC4)CN(C4CC(Oc6ccc(C(=O)NC7CCC(=O)CC7=O)c(OC)c6)C4)CCO5)cc3)C2(C)C)cc1C. The standard InChI is InChI=1S/C52H63N3O8/c1-9-41-32(2)24-39(25-33(41)3)63-49-50(4,5)47(51(49,6)7)30-44(57)34-10-12-35(13-11-34)54-20-18-52(19-21-54)31-55(22-23-61-52)36-26-40(27-36)62-38-15-16-42(46(29-38)60-8)48(59)53-43-17-14-37(56)28-45(43)58/h1,10-13,15-16,24-25,29,36,40,43,47,49H,14,17-23,26-28,30-31H2,2-8H3,(H,53,59). The number of aryl methyl sites for hydroxylation is 2. The lowest BCUT2D eigenvalue weighted by Gasteiger charge is -2.63. The summed E-state index contributed by atoms with van der Waals surface area (Å²) in [5.74, 6) is 4.21. The van der Waals surface area contributed by atoms with Crippen LogP contribution in [0.5, 0.6) is 17.2 Å². The number of amides is 1. The first-order valence-electron chi connectivity index (χ1n) is 22.7. The highest BCUT2D eigenvalue weighted by molar-refractivity contribution is 6.07. The van der Waals surface area contributed by atoms with Gasteiger partial charge in [0.25, 0.3) is 5.91 Å². The van der Waals surface area contributed by atoms with E-state index in [4.69, 9.17) is 25.4 Å². The van der Waals surface area contributed by atoms with Crippen LogP contribution in [0.2, 0.25) is 0 Å². The molecule has 11 heteroatoms. The van der Waals surface area contributed by atoms with E-state index in [0.717, 1.165) is 85.6 Å². The van der Waals surface area contributed by atoms with Gasteiger partial charge in [-0.2, -0.15) is 0 Å². The lowest BCUT2D eigenvalue weighted by Crippen LogP contribution is -2.66. The van der Waals surface area contributed by atoms with Crippen LogP contribution in [0.4, 0.5) is 5.69 Å². The topological polar surface area (TPSA) is 124 Å². The molecule has 8 rings (SSSR count). The second kappa shape index (κ2) is 17.4. The third-order valence-electron chi connectivity index (χ3n) is 15.0. The molecule has 1 atom stereocenters. The lowest BCUT2D eigenvalue weighted by molar-refractivity contribution is -0.196. The Bertz CT molecular complexity index is 2260. The van der Waals surface area contributed by atoms with E-state index in [2.05, 4.69) is 60.9 Å². The first-order valence-corrected chi connectivity index (χ1v) is 22.7. The summed E-state index contributed by atoms with van der Waals surface area (Å²) in [6.45, 7) is 17.2. The summed E-state index contributed by atoms with van der Waals surface area (Å²) in [5, 5.41) is 2.77. The number of nitrogens with zero attached hydrogens (tertiary/aromatic N) is 2. The number of hydrogen-bond acceptors (Lipinski definition) is 10. The van der Waals surface area contributed by atoms with Gasteiger partial charge in [-0.05, 0) is 98.7 Å². The predicted octanol–water partition coefficient (Wildman–Crippen LogP) is 7.70. The predicted molar refractivity (Wildman–Crippen MR) is 242 cm³/mol. The number of carbonyl (C=O) groups is 4. The largest absolute Gasteiger partial charge is 0.496 e. The molecule has 5 fully saturated rings. The number of morpholine rings is 1. The van der Waals surface area contributed by atoms with E-state index >= 15 is 0 Å². The zero-order valence-corrected chi connectivity index (χ0v) is 38.0. The normalized spacial score (nSPS) is 26.2. The van der Waals surface area contributed by atoms with Gasteiger partial charge < -0.3 is 29.2 Å². The van der Waals surface area contributed by atoms with Gasteiger partial charge in [0.1, 0.15) is 35.2 Å². The summed E-state index contributed by atoms with van der Waals surface area (Å²) in [6, 6.07) is 17.2. The van der Waals surface area contributed by atoms with E-state index in [-0.39, 0.29) is 64.7 Å². The highest BCUT2D eigenvalue weighted by Crippen LogP contribution is 2.62. The first kappa shape index (κ1) is 44.4. The molecule has 334 valence electrons. The molecule has 63 heavy (non-hydrogen) atoms. The number of rotatable bonds is 12. The fourth-order valence-corrected chi connectivity index (χ4v) is 11.5. The van der Waals surface area contributed by atoms with Gasteiger partial charge in [-0.1, -0.05) is 33.6 Å². The van der Waals surface area contributed by atoms with Gasteiger partial charge in [0.2, 0.25) is 0 Å². The minimum atomic E-state index is -0.661. The number of carbonyl (C=O) groups excluding carboxylic acids is 4. The molecule has 1 N–H and O–H groups in total. The van der Waals surface area contributed by atoms with Gasteiger partial charge in [0.05, 0.1) is 37.3 Å². The van der Waals surface area contributed by atoms with Crippen LogP contribution in [0.1, 0.15) is 116 Å². The third-order valence-corrected chi connectivity index (χ3v) is 15.0. The number of terminal acetylenes is 1. The average Bonchev–Trinajstić information content (AvgIpc) is 3.24. The minimum Gasteiger partial charge on any atom is -0.496 e. The maximum absolute atomic E-state index is 13.8. The second-order valence-electron chi connectivity index (χ2n) is 19.9. The Hall–Kier alpha value is -5.18. The van der Waals surface area contributed by atoms with Crippen LogP contribution in [-0.4, -0.2) is 97.9 Å². The van der Waals surface area contributed by atoms with Crippen LogP contribution in [0.25, 0.3) is 0 Å². The highest BCUT2D eigenvalue weighted by atomic mass is 16.5. The van der Waals surface area contributed by atoms with Crippen LogP contribution in [0.15, 0.2) is 54.6 Å². The number of ether oxygens (including phenoxy) is 4. The zero-order chi connectivity index (χ0) is 44.8. The Balaban J connectivity index is 0.795. The van der Waals surface area contributed by atoms with Crippen LogP contribution < -0.4 is 24.4 Å². The molecule has 0 bridgehead atoms. The summed E-state index contributed by atoms with van der Waals surface area (Å²) in [7, 11) is 1.51. The van der Waals surface area contributed by atoms with Crippen LogP contribution in [0, 0.1) is 42.9 Å². The molecule has 0 radical (unpaired) electrons. The second-order valence-corrected chi connectivity index (χ2v) is 19.9. The van der Waals surface area contributed by atoms with E-state index in [0.29, 0.717) is 42.6 Å². The van der Waals surface area contributed by atoms with Crippen molar-refractivity contribution < 1.29 is 38.1 Å². The number of piperidine rings is 1. The zero-order valence-electron chi connectivity index (χ0n) is 38.0. The molecule has 2 saturated heterocycles. The first-order chi connectivity index (χ1) is 30.0. The van der Waals surface area contributed by atoms with E-state index in [9.17, 15) is 19.2 Å². The number of hydrogen-bond donors (Lipinski definition) is 1. The van der Waals surface area contributed by atoms with E-state index in [1.807, 2.05) is 38.1 Å². The molecule has 1 unspecified atom stereocenters. The summed E-state index contributed by atoms with van der Waals surface area (Å²) in [6.07, 6.45) is 10.4. The van der Waals surface area contributed by atoms with Gasteiger partial charge in [0.15, 0.2) is 11.6 Å². The fraction of sp³-hybridized carbons (Fsp3) is 0.538. The van der Waals surface area contributed by atoms with Crippen molar-refractivity contribution in [3.05, 3.63) is 82.4 Å². The summed E-state index contributed by atoms with van der Waals surface area (Å²) in [4.78, 5) is 55.6. The number of Topliss-reactive ketones (excluding diaryl/α,β-unsaturated/α-hetero) is 3. The lowest BCUT2D eigenvalue weighted by atomic mass is 9.44. The van der Waals surface area contributed by atoms with Crippen molar-refractivity contribution in [1.29, 1.82) is 0 Å². The summed E-state index contributed by atoms with van der Waals surface area (Å²) >= 11 is 0. The van der Waals surface area contributed by atoms with E-state index < -0.39 is 11.9 Å². The molecule has 11 nitrogen and oxygen atoms in total. The minimum absolute atomic E-state index is 0.0374. The number of benzene rings is 3. The summed E-state index contributed by atoms with van der Waals surface area (Å²) in [5.41, 5.74) is 4.65. The Morgan fingerprint density at radius 3 is 2.22 bits per heavy atom. The molecule has 1 amide bonds. The van der Waals surface area contributed by atoms with Crippen molar-refractivity contribution in [2.24, 2.45) is 16.7 Å². The van der Waals surface area contributed by atoms with Crippen molar-refractivity contribution in [3.63, 3.8) is 0 Å². The molecule has 1 spiro atoms.